The highest BCUT2D eigenvalue weighted by Crippen LogP contribution is 2.47. The van der Waals surface area contributed by atoms with Crippen LogP contribution in [0.1, 0.15) is 62.4 Å². The molecule has 0 amide bonds. The maximum Gasteiger partial charge on any atom is 0.332 e. The SMILES string of the molecule is CC#CCN1c2c(n(C)c(=O)n(Cc3nc(C)c4ccccc4n3)c2=O)N(N2c3c(c(=O)n(Cc4nc(C)cc5ccccc45)c(=O)n3C)N(CC#CC)C2N2CCCC(N)C2)C1N1CCCC(N)C1. The fourth-order valence-electron chi connectivity index (χ4n) is 11.0. The number of rotatable bonds is 9. The first-order valence-electron chi connectivity index (χ1n) is 24.0. The van der Waals surface area contributed by atoms with E-state index in [4.69, 9.17) is 26.4 Å². The Morgan fingerprint density at radius 2 is 1.17 bits per heavy atom. The number of aryl methyl sites for hydroxylation is 2. The van der Waals surface area contributed by atoms with Gasteiger partial charge in [-0.05, 0) is 70.9 Å². The summed E-state index contributed by atoms with van der Waals surface area (Å²) in [5, 5.41) is 6.51. The van der Waals surface area contributed by atoms with Gasteiger partial charge in [-0.25, -0.2) is 29.6 Å². The summed E-state index contributed by atoms with van der Waals surface area (Å²) in [6, 6.07) is 17.0. The first-order valence-corrected chi connectivity index (χ1v) is 24.0. The van der Waals surface area contributed by atoms with Gasteiger partial charge in [0.05, 0.1) is 37.4 Å². The van der Waals surface area contributed by atoms with Gasteiger partial charge in [-0.2, -0.15) is 0 Å². The first-order chi connectivity index (χ1) is 33.8. The molecule has 4 aliphatic rings. The fraction of sp³-hybridized carbons (Fsp3) is 0.431. The van der Waals surface area contributed by atoms with E-state index in [1.807, 2.05) is 88.3 Å². The minimum Gasteiger partial charge on any atom is -0.327 e. The van der Waals surface area contributed by atoms with Gasteiger partial charge in [0.1, 0.15) is 5.82 Å². The van der Waals surface area contributed by atoms with Crippen LogP contribution >= 0.6 is 0 Å². The lowest BCUT2D eigenvalue weighted by Crippen LogP contribution is -2.70. The van der Waals surface area contributed by atoms with Crippen molar-refractivity contribution < 1.29 is 0 Å². The number of pyridine rings is 1. The highest BCUT2D eigenvalue weighted by Gasteiger charge is 2.55. The second kappa shape index (κ2) is 18.6. The van der Waals surface area contributed by atoms with E-state index in [2.05, 4.69) is 33.5 Å². The number of likely N-dealkylation sites (tertiary alicyclic amines) is 2. The maximum atomic E-state index is 15.6. The Hall–Kier alpha value is -7.29. The predicted octanol–water partition coefficient (Wildman–Crippen LogP) is 1.94. The van der Waals surface area contributed by atoms with Crippen LogP contribution in [0.5, 0.6) is 0 Å². The number of nitrogens with zero attached hydrogens (tertiary/aromatic N) is 13. The van der Waals surface area contributed by atoms with Gasteiger partial charge < -0.3 is 21.3 Å². The number of hydrogen-bond acceptors (Lipinski definition) is 15. The number of nitrogens with two attached hydrogens (primary N) is 2. The molecule has 0 radical (unpaired) electrons. The van der Waals surface area contributed by atoms with Crippen molar-refractivity contribution in [3.05, 3.63) is 119 Å². The van der Waals surface area contributed by atoms with E-state index in [1.165, 1.54) is 18.3 Å². The number of benzene rings is 2. The Bertz CT molecular complexity index is 3450. The van der Waals surface area contributed by atoms with E-state index < -0.39 is 35.1 Å². The fourth-order valence-corrected chi connectivity index (χ4v) is 11.0. The Labute approximate surface area is 405 Å². The highest BCUT2D eigenvalue weighted by atomic mass is 16.2. The van der Waals surface area contributed by atoms with E-state index in [0.29, 0.717) is 43.2 Å². The molecule has 19 heteroatoms. The van der Waals surface area contributed by atoms with Crippen molar-refractivity contribution >= 4 is 44.7 Å². The van der Waals surface area contributed by atoms with Crippen molar-refractivity contribution in [1.82, 2.24) is 43.0 Å². The number of hydrogen-bond donors (Lipinski definition) is 2. The number of anilines is 4. The van der Waals surface area contributed by atoms with Crippen molar-refractivity contribution in [2.45, 2.75) is 91.1 Å². The molecule has 70 heavy (non-hydrogen) atoms. The van der Waals surface area contributed by atoms with Gasteiger partial charge in [-0.15, -0.1) is 11.8 Å². The number of aromatic nitrogens is 7. The molecule has 0 saturated carbocycles. The van der Waals surface area contributed by atoms with Crippen molar-refractivity contribution in [3.8, 4) is 23.7 Å². The van der Waals surface area contributed by atoms with Gasteiger partial charge in [0.15, 0.2) is 35.6 Å². The van der Waals surface area contributed by atoms with E-state index in [-0.39, 0.29) is 61.3 Å². The zero-order valence-electron chi connectivity index (χ0n) is 40.6. The molecule has 0 aliphatic carbocycles. The van der Waals surface area contributed by atoms with E-state index in [9.17, 15) is 0 Å². The van der Waals surface area contributed by atoms with Crippen molar-refractivity contribution in [1.29, 1.82) is 0 Å². The zero-order valence-corrected chi connectivity index (χ0v) is 40.6. The smallest absolute Gasteiger partial charge is 0.327 e. The van der Waals surface area contributed by atoms with Crippen molar-refractivity contribution in [2.24, 2.45) is 25.6 Å². The number of hydrazine groups is 1. The molecule has 4 aliphatic heterocycles. The van der Waals surface area contributed by atoms with Crippen LogP contribution in [0.2, 0.25) is 0 Å². The third kappa shape index (κ3) is 7.79. The summed E-state index contributed by atoms with van der Waals surface area (Å²) in [5.74, 6) is 13.4. The molecule has 4 N–H and O–H groups in total. The standard InChI is InChI=1S/C51H59N15O4/c1-7-9-25-61-42-44(57(5)50(69)63(46(42)67)30-40-38-21-12-11-17-34(38)27-32(3)54-40)65(48(61)59-23-15-18-35(52)28-59)66-45-43(62(26-10-8-2)49(66)60-24-16-19-36(53)29-60)47(68)64(51(70)58(45)6)31-41-55-33(4)37-20-13-14-22-39(37)56-41/h11-14,17,20-22,27,35-36,48-49H,15-16,18-19,23-26,28-31,52-53H2,1-6H3. The quantitative estimate of drug-likeness (QED) is 0.199. The van der Waals surface area contributed by atoms with Crippen LogP contribution in [0.4, 0.5) is 23.0 Å². The van der Waals surface area contributed by atoms with Crippen LogP contribution in [0.15, 0.2) is 73.8 Å². The zero-order chi connectivity index (χ0) is 49.1. The van der Waals surface area contributed by atoms with E-state index in [0.717, 1.165) is 53.2 Å². The van der Waals surface area contributed by atoms with Crippen LogP contribution in [0.25, 0.3) is 21.7 Å². The molecule has 4 unspecified atom stereocenters. The van der Waals surface area contributed by atoms with Gasteiger partial charge in [-0.1, -0.05) is 54.3 Å². The molecule has 4 atom stereocenters. The summed E-state index contributed by atoms with van der Waals surface area (Å²) in [6.45, 7) is 9.26. The maximum absolute atomic E-state index is 15.6. The second-order valence-electron chi connectivity index (χ2n) is 18.8. The molecular weight excluding hydrogens is 887 g/mol. The molecule has 0 bridgehead atoms. The van der Waals surface area contributed by atoms with Gasteiger partial charge in [-0.3, -0.25) is 42.6 Å². The molecule has 6 aromatic rings. The summed E-state index contributed by atoms with van der Waals surface area (Å²) in [7, 11) is 3.30. The molecule has 8 heterocycles. The van der Waals surface area contributed by atoms with E-state index >= 15 is 19.2 Å². The molecular formula is C51H59N15O4. The van der Waals surface area contributed by atoms with Gasteiger partial charge in [0.2, 0.25) is 0 Å². The summed E-state index contributed by atoms with van der Waals surface area (Å²) < 4.78 is 5.39. The second-order valence-corrected chi connectivity index (χ2v) is 18.8. The molecule has 19 nitrogen and oxygen atoms in total. The minimum atomic E-state index is -0.818. The lowest BCUT2D eigenvalue weighted by atomic mass is 10.1. The van der Waals surface area contributed by atoms with Crippen LogP contribution in [0, 0.1) is 37.5 Å². The van der Waals surface area contributed by atoms with Crippen LogP contribution in [0.3, 0.4) is 0 Å². The Balaban J connectivity index is 1.24. The summed E-state index contributed by atoms with van der Waals surface area (Å²) >= 11 is 0. The van der Waals surface area contributed by atoms with E-state index in [1.54, 1.807) is 27.9 Å². The average Bonchev–Trinajstić information content (AvgIpc) is 3.87. The normalized spacial score (nSPS) is 20.4. The van der Waals surface area contributed by atoms with Crippen LogP contribution < -0.4 is 53.8 Å². The average molecular weight is 946 g/mol. The largest absolute Gasteiger partial charge is 0.332 e. The van der Waals surface area contributed by atoms with Crippen molar-refractivity contribution in [2.75, 3.05) is 59.1 Å². The van der Waals surface area contributed by atoms with Gasteiger partial charge in [0, 0.05) is 74.5 Å². The third-order valence-electron chi connectivity index (χ3n) is 14.1. The molecule has 2 aromatic carbocycles. The van der Waals surface area contributed by atoms with Gasteiger partial charge in [0.25, 0.3) is 11.1 Å². The predicted molar refractivity (Wildman–Crippen MR) is 273 cm³/mol. The lowest BCUT2D eigenvalue weighted by Gasteiger charge is -2.50. The Kier molecular flexibility index (Phi) is 12.3. The molecule has 4 aromatic heterocycles. The lowest BCUT2D eigenvalue weighted by molar-refractivity contribution is 0.116. The van der Waals surface area contributed by atoms with Crippen molar-refractivity contribution in [3.63, 3.8) is 0 Å². The van der Waals surface area contributed by atoms with Crippen LogP contribution in [-0.4, -0.2) is 107 Å². The Morgan fingerprint density at radius 1 is 0.657 bits per heavy atom. The summed E-state index contributed by atoms with van der Waals surface area (Å²) in [6.07, 6.45) is 1.50. The number of para-hydroxylation sites is 1. The third-order valence-corrected chi connectivity index (χ3v) is 14.1. The highest BCUT2D eigenvalue weighted by molar-refractivity contribution is 5.86. The molecule has 0 spiro atoms. The molecule has 2 fully saturated rings. The summed E-state index contributed by atoms with van der Waals surface area (Å²) in [5.41, 5.74) is 14.5. The molecule has 2 saturated heterocycles. The molecule has 362 valence electrons. The van der Waals surface area contributed by atoms with Gasteiger partial charge >= 0.3 is 11.4 Å². The number of piperidine rings is 2. The Morgan fingerprint density at radius 3 is 1.71 bits per heavy atom. The monoisotopic (exact) mass is 945 g/mol. The first kappa shape index (κ1) is 46.4. The minimum absolute atomic E-state index is 0.0909. The number of fused-ring (bicyclic) bond motifs is 4. The summed E-state index contributed by atoms with van der Waals surface area (Å²) in [4.78, 5) is 84.1. The topological polar surface area (TPSA) is 198 Å². The molecule has 10 rings (SSSR count). The van der Waals surface area contributed by atoms with Crippen LogP contribution in [-0.2, 0) is 27.2 Å².